The largest absolute Gasteiger partial charge is 0.481 e. The second kappa shape index (κ2) is 7.67. The van der Waals surface area contributed by atoms with Crippen LogP contribution in [0, 0.1) is 5.92 Å². The van der Waals surface area contributed by atoms with Gasteiger partial charge in [-0.15, -0.1) is 11.8 Å². The van der Waals surface area contributed by atoms with Crippen molar-refractivity contribution in [2.24, 2.45) is 5.92 Å². The van der Waals surface area contributed by atoms with Crippen LogP contribution in [0.15, 0.2) is 0 Å². The highest BCUT2D eigenvalue weighted by molar-refractivity contribution is 8.00. The van der Waals surface area contributed by atoms with E-state index in [1.165, 1.54) is 31.0 Å². The molecule has 0 atom stereocenters. The van der Waals surface area contributed by atoms with Gasteiger partial charge < -0.3 is 10.0 Å². The van der Waals surface area contributed by atoms with Crippen molar-refractivity contribution >= 4 is 23.6 Å². The molecule has 5 heteroatoms. The Morgan fingerprint density at radius 2 is 1.83 bits per heavy atom. The van der Waals surface area contributed by atoms with Crippen LogP contribution >= 0.6 is 11.8 Å². The molecular weight excluding hydrogens is 250 g/mol. The van der Waals surface area contributed by atoms with Crippen molar-refractivity contribution < 1.29 is 14.7 Å². The zero-order valence-electron chi connectivity index (χ0n) is 11.2. The minimum atomic E-state index is -0.862. The van der Waals surface area contributed by atoms with Crippen LogP contribution in [0.4, 0.5) is 0 Å². The van der Waals surface area contributed by atoms with Gasteiger partial charge in [0.2, 0.25) is 5.91 Å². The number of aliphatic carboxylic acids is 1. The van der Waals surface area contributed by atoms with E-state index in [4.69, 9.17) is 5.11 Å². The van der Waals surface area contributed by atoms with Crippen LogP contribution in [-0.4, -0.2) is 46.5 Å². The van der Waals surface area contributed by atoms with Crippen molar-refractivity contribution in [1.82, 2.24) is 4.90 Å². The number of rotatable bonds is 6. The SMILES string of the molecule is CCC1CCC(N(C)C(=O)CSCC(=O)O)CC1. The summed E-state index contributed by atoms with van der Waals surface area (Å²) in [5, 5.41) is 8.52. The molecule has 1 aliphatic carbocycles. The average Bonchev–Trinajstić information content (AvgIpc) is 2.37. The van der Waals surface area contributed by atoms with Crippen LogP contribution in [0.2, 0.25) is 0 Å². The Balaban J connectivity index is 2.28. The van der Waals surface area contributed by atoms with E-state index in [1.807, 2.05) is 11.9 Å². The van der Waals surface area contributed by atoms with Crippen LogP contribution in [0.1, 0.15) is 39.0 Å². The van der Waals surface area contributed by atoms with Gasteiger partial charge in [0.15, 0.2) is 0 Å². The van der Waals surface area contributed by atoms with E-state index in [2.05, 4.69) is 6.92 Å². The van der Waals surface area contributed by atoms with Crippen molar-refractivity contribution in [3.05, 3.63) is 0 Å². The number of carbonyl (C=O) groups excluding carboxylic acids is 1. The Bertz CT molecular complexity index is 288. The number of carboxylic acid groups (broad SMARTS) is 1. The fourth-order valence-electron chi connectivity index (χ4n) is 2.47. The Kier molecular flexibility index (Phi) is 6.54. The second-order valence-electron chi connectivity index (χ2n) is 4.97. The molecule has 0 aromatic rings. The molecule has 1 saturated carbocycles. The maximum atomic E-state index is 11.9. The summed E-state index contributed by atoms with van der Waals surface area (Å²) in [6, 6.07) is 0.353. The van der Waals surface area contributed by atoms with Crippen molar-refractivity contribution in [2.45, 2.75) is 45.1 Å². The first-order valence-corrected chi connectivity index (χ1v) is 7.75. The van der Waals surface area contributed by atoms with E-state index in [-0.39, 0.29) is 17.4 Å². The van der Waals surface area contributed by atoms with Gasteiger partial charge in [-0.2, -0.15) is 0 Å². The van der Waals surface area contributed by atoms with E-state index >= 15 is 0 Å². The topological polar surface area (TPSA) is 57.6 Å². The number of amides is 1. The van der Waals surface area contributed by atoms with Crippen LogP contribution < -0.4 is 0 Å². The molecule has 104 valence electrons. The van der Waals surface area contributed by atoms with Gasteiger partial charge in [0.05, 0.1) is 11.5 Å². The number of carbonyl (C=O) groups is 2. The van der Waals surface area contributed by atoms with Gasteiger partial charge in [-0.1, -0.05) is 13.3 Å². The first-order chi connectivity index (χ1) is 8.54. The van der Waals surface area contributed by atoms with E-state index in [9.17, 15) is 9.59 Å². The maximum absolute atomic E-state index is 11.9. The summed E-state index contributed by atoms with van der Waals surface area (Å²) in [6.45, 7) is 2.22. The fourth-order valence-corrected chi connectivity index (χ4v) is 3.13. The number of thioether (sulfide) groups is 1. The average molecular weight is 273 g/mol. The van der Waals surface area contributed by atoms with Gasteiger partial charge in [0.25, 0.3) is 0 Å². The van der Waals surface area contributed by atoms with Crippen LogP contribution in [0.3, 0.4) is 0 Å². The predicted octanol–water partition coefficient (Wildman–Crippen LogP) is 2.23. The quantitative estimate of drug-likeness (QED) is 0.806. The number of hydrogen-bond acceptors (Lipinski definition) is 3. The first-order valence-electron chi connectivity index (χ1n) is 6.59. The van der Waals surface area contributed by atoms with Crippen LogP contribution in [0.5, 0.6) is 0 Å². The zero-order chi connectivity index (χ0) is 13.5. The number of hydrogen-bond donors (Lipinski definition) is 1. The lowest BCUT2D eigenvalue weighted by Gasteiger charge is -2.34. The summed E-state index contributed by atoms with van der Waals surface area (Å²) in [4.78, 5) is 24.1. The smallest absolute Gasteiger partial charge is 0.313 e. The minimum Gasteiger partial charge on any atom is -0.481 e. The molecule has 1 fully saturated rings. The molecule has 1 aliphatic rings. The Labute approximate surface area is 113 Å². The summed E-state index contributed by atoms with van der Waals surface area (Å²) in [7, 11) is 1.85. The third kappa shape index (κ3) is 4.88. The molecular formula is C13H23NO3S. The van der Waals surface area contributed by atoms with Crippen molar-refractivity contribution in [2.75, 3.05) is 18.6 Å². The van der Waals surface area contributed by atoms with Crippen LogP contribution in [0.25, 0.3) is 0 Å². The van der Waals surface area contributed by atoms with Crippen molar-refractivity contribution in [3.63, 3.8) is 0 Å². The standard InChI is InChI=1S/C13H23NO3S/c1-3-10-4-6-11(7-5-10)14(2)12(15)8-18-9-13(16)17/h10-11H,3-9H2,1-2H3,(H,16,17). The molecule has 18 heavy (non-hydrogen) atoms. The third-order valence-corrected chi connectivity index (χ3v) is 4.69. The highest BCUT2D eigenvalue weighted by Gasteiger charge is 2.25. The summed E-state index contributed by atoms with van der Waals surface area (Å²) in [5.74, 6) is 0.296. The minimum absolute atomic E-state index is 0.00214. The summed E-state index contributed by atoms with van der Waals surface area (Å²) >= 11 is 1.18. The molecule has 0 aromatic heterocycles. The molecule has 0 unspecified atom stereocenters. The summed E-state index contributed by atoms with van der Waals surface area (Å²) in [6.07, 6.45) is 5.83. The number of carboxylic acids is 1. The maximum Gasteiger partial charge on any atom is 0.313 e. The lowest BCUT2D eigenvalue weighted by atomic mass is 9.84. The van der Waals surface area contributed by atoms with Gasteiger partial charge in [0, 0.05) is 13.1 Å². The summed E-state index contributed by atoms with van der Waals surface area (Å²) in [5.41, 5.74) is 0. The molecule has 0 heterocycles. The van der Waals surface area contributed by atoms with E-state index < -0.39 is 5.97 Å². The molecule has 0 spiro atoms. The molecule has 1 rings (SSSR count). The van der Waals surface area contributed by atoms with E-state index in [0.29, 0.717) is 6.04 Å². The van der Waals surface area contributed by atoms with E-state index in [1.54, 1.807) is 0 Å². The molecule has 0 aromatic carbocycles. The molecule has 1 amide bonds. The lowest BCUT2D eigenvalue weighted by molar-refractivity contribution is -0.133. The third-order valence-electron chi connectivity index (χ3n) is 3.79. The lowest BCUT2D eigenvalue weighted by Crippen LogP contribution is -2.40. The number of nitrogens with zero attached hydrogens (tertiary/aromatic N) is 1. The molecule has 0 aliphatic heterocycles. The molecule has 1 N–H and O–H groups in total. The van der Waals surface area contributed by atoms with Gasteiger partial charge in [-0.3, -0.25) is 9.59 Å². The van der Waals surface area contributed by atoms with E-state index in [0.717, 1.165) is 18.8 Å². The van der Waals surface area contributed by atoms with Gasteiger partial charge in [0.1, 0.15) is 0 Å². The highest BCUT2D eigenvalue weighted by atomic mass is 32.2. The highest BCUT2D eigenvalue weighted by Crippen LogP contribution is 2.29. The predicted molar refractivity (Wildman–Crippen MR) is 73.8 cm³/mol. The Hall–Kier alpha value is -0.710. The monoisotopic (exact) mass is 273 g/mol. The van der Waals surface area contributed by atoms with Gasteiger partial charge >= 0.3 is 5.97 Å². The Morgan fingerprint density at radius 3 is 2.33 bits per heavy atom. The molecule has 0 saturated heterocycles. The van der Waals surface area contributed by atoms with Crippen LogP contribution in [-0.2, 0) is 9.59 Å². The van der Waals surface area contributed by atoms with Crippen molar-refractivity contribution in [3.8, 4) is 0 Å². The van der Waals surface area contributed by atoms with Gasteiger partial charge in [-0.25, -0.2) is 0 Å². The Morgan fingerprint density at radius 1 is 1.22 bits per heavy atom. The molecule has 0 radical (unpaired) electrons. The zero-order valence-corrected chi connectivity index (χ0v) is 12.0. The fraction of sp³-hybridized carbons (Fsp3) is 0.846. The molecule has 0 bridgehead atoms. The van der Waals surface area contributed by atoms with Crippen molar-refractivity contribution in [1.29, 1.82) is 0 Å². The molecule has 4 nitrogen and oxygen atoms in total. The summed E-state index contributed by atoms with van der Waals surface area (Å²) < 4.78 is 0. The first kappa shape index (κ1) is 15.3. The normalized spacial score (nSPS) is 23.7. The second-order valence-corrected chi connectivity index (χ2v) is 5.96. The van der Waals surface area contributed by atoms with Gasteiger partial charge in [-0.05, 0) is 31.6 Å².